The summed E-state index contributed by atoms with van der Waals surface area (Å²) >= 11 is 0. The smallest absolute Gasteiger partial charge is 0.328 e. The molecular weight excluding hydrogens is 1080 g/mol. The largest absolute Gasteiger partial charge is 0.459 e. The fraction of sp³-hybridized carbons (Fsp3) is 0.647. The van der Waals surface area contributed by atoms with E-state index in [9.17, 15) is 68.4 Å². The second-order valence-electron chi connectivity index (χ2n) is 19.4. The zero-order chi connectivity index (χ0) is 60.7. The van der Waals surface area contributed by atoms with E-state index in [1.165, 1.54) is 48.0 Å². The Morgan fingerprint density at radius 1 is 0.494 bits per heavy atom. The lowest BCUT2D eigenvalue weighted by Gasteiger charge is -2.21. The molecule has 4 aromatic rings. The summed E-state index contributed by atoms with van der Waals surface area (Å²) in [6.07, 6.45) is -3.94. The molecule has 30 heteroatoms. The van der Waals surface area contributed by atoms with E-state index in [0.29, 0.717) is 18.7 Å². The van der Waals surface area contributed by atoms with Crippen molar-refractivity contribution in [1.82, 2.24) is 39.0 Å². The van der Waals surface area contributed by atoms with E-state index in [1.54, 1.807) is 13.8 Å². The molecule has 4 saturated heterocycles. The topological polar surface area (TPSA) is 452 Å². The molecule has 0 saturated carbocycles. The van der Waals surface area contributed by atoms with Crippen LogP contribution >= 0.6 is 0 Å². The van der Waals surface area contributed by atoms with Gasteiger partial charge < -0.3 is 78.2 Å². The first kappa shape index (κ1) is 66.8. The molecule has 452 valence electrons. The number of nitrogens with one attached hydrogen (secondary N) is 6. The minimum absolute atomic E-state index is 0.00731. The number of rotatable bonds is 12. The Kier molecular flexibility index (Phi) is 25.0. The molecule has 4 aromatic heterocycles. The van der Waals surface area contributed by atoms with Crippen molar-refractivity contribution in [2.45, 2.75) is 187 Å². The summed E-state index contributed by atoms with van der Waals surface area (Å²) < 4.78 is 35.5. The van der Waals surface area contributed by atoms with Gasteiger partial charge in [0.05, 0.1) is 47.7 Å². The number of H-pyrrole nitrogens is 6. The third kappa shape index (κ3) is 16.3. The Labute approximate surface area is 461 Å². The molecule has 4 fully saturated rings. The zero-order valence-electron chi connectivity index (χ0n) is 46.6. The van der Waals surface area contributed by atoms with Gasteiger partial charge in [0.2, 0.25) is 0 Å². The first-order chi connectivity index (χ1) is 38.3. The Bertz CT molecular complexity index is 3200. The Balaban J connectivity index is 0.000000229. The summed E-state index contributed by atoms with van der Waals surface area (Å²) in [7, 11) is 0. The molecule has 0 aliphatic carbocycles. The Hall–Kier alpha value is -6.74. The number of aromatic amines is 6. The van der Waals surface area contributed by atoms with Crippen LogP contribution in [0.2, 0.25) is 0 Å². The number of aryl methyl sites for hydroxylation is 2. The summed E-state index contributed by atoms with van der Waals surface area (Å²) in [5.41, 5.74) is -4.06. The predicted molar refractivity (Wildman–Crippen MR) is 284 cm³/mol. The molecule has 8 heterocycles. The van der Waals surface area contributed by atoms with Crippen molar-refractivity contribution in [2.75, 3.05) is 13.2 Å². The standard InChI is InChI=1S/C15H22N2O5.C13H18N2O5.C11H16N2O6.C9H12N2O6.C3H8/c1-5-11-8(3)12(21-9(4)18)13(22-11)10-7-17(6-2)15(20)16-14(10)19;1-4-9-6(2)10(19-7(3)16)11(20-9)8-5-14-13(18)15-12(8)17;1-2-13-3-5(10(17)12-11(13)18)9-8(16)7(15)6(4-14)19-9;12-2-4-5(13)6(14)7(17-4)3-1-10-9(16)11-8(3)15;1-3-2/h7-8,11-13H,5-6H2,1-4H3,(H,16,19,20);5-6,9-11H,4H2,1-3H3,(H2,14,15,17,18);3,6-9,14-16H,2,4H2,1H3,(H,12,17,18);1,4-7,12-14H,2H2,(H2,10,11,15,16);3H2,1-2H3/t8-,11-,12-,13+;6-,9-,10-,11+;6-,7-,8-,9+;4-,5-,6-,7+;/m1111./s1. The lowest BCUT2D eigenvalue weighted by Crippen LogP contribution is -2.35. The SMILES string of the molecule is CCC.CC[C@H]1O[C@@H](c2c[nH]c(=O)[nH]c2=O)[C@H](OC(C)=O)[C@@H]1C.CC[C@H]1O[C@@H](c2cn(CC)c(=O)[nH]c2=O)[C@H](OC(C)=O)[C@@H]1C.CCn1cc([C@@H]2O[C@H](CO)[C@@H](O)[C@H]2O)c(=O)[nH]c1=O.O=c1[nH]cc([C@@H]2O[C@H](CO)[C@@H](O)[C@H]2O)c(=O)[nH]1. The van der Waals surface area contributed by atoms with Crippen LogP contribution in [-0.4, -0.2) is 156 Å². The fourth-order valence-corrected chi connectivity index (χ4v) is 9.42. The predicted octanol–water partition coefficient (Wildman–Crippen LogP) is -2.20. The molecule has 0 amide bonds. The van der Waals surface area contributed by atoms with Crippen LogP contribution in [0.4, 0.5) is 0 Å². The highest BCUT2D eigenvalue weighted by molar-refractivity contribution is 5.66. The Morgan fingerprint density at radius 2 is 0.802 bits per heavy atom. The number of ether oxygens (including phenoxy) is 6. The zero-order valence-corrected chi connectivity index (χ0v) is 46.6. The minimum Gasteiger partial charge on any atom is -0.459 e. The van der Waals surface area contributed by atoms with E-state index in [-0.39, 0.29) is 40.7 Å². The van der Waals surface area contributed by atoms with E-state index >= 15 is 0 Å². The number of esters is 2. The van der Waals surface area contributed by atoms with Crippen LogP contribution in [0.5, 0.6) is 0 Å². The molecular formula is C51H76N8O22. The third-order valence-electron chi connectivity index (χ3n) is 13.6. The van der Waals surface area contributed by atoms with Gasteiger partial charge in [-0.1, -0.05) is 48.0 Å². The quantitative estimate of drug-likeness (QED) is 0.0670. The molecule has 4 aliphatic rings. The molecule has 12 N–H and O–H groups in total. The second-order valence-corrected chi connectivity index (χ2v) is 19.4. The number of carbonyl (C=O) groups is 2. The third-order valence-corrected chi connectivity index (χ3v) is 13.6. The lowest BCUT2D eigenvalue weighted by atomic mass is 9.94. The maximum Gasteiger partial charge on any atom is 0.328 e. The number of hydrogen-bond donors (Lipinski definition) is 12. The number of carbonyl (C=O) groups excluding carboxylic acids is 2. The first-order valence-corrected chi connectivity index (χ1v) is 26.5. The van der Waals surface area contributed by atoms with Gasteiger partial charge >= 0.3 is 34.7 Å². The van der Waals surface area contributed by atoms with Crippen LogP contribution < -0.4 is 45.0 Å². The van der Waals surface area contributed by atoms with E-state index in [1.807, 2.05) is 32.7 Å². The van der Waals surface area contributed by atoms with Crippen LogP contribution in [-0.2, 0) is 51.1 Å². The van der Waals surface area contributed by atoms with Crippen molar-refractivity contribution < 1.29 is 68.6 Å². The van der Waals surface area contributed by atoms with Crippen LogP contribution in [0.15, 0.2) is 63.1 Å². The van der Waals surface area contributed by atoms with Gasteiger partial charge in [0.15, 0.2) is 0 Å². The molecule has 81 heavy (non-hydrogen) atoms. The molecule has 16 atom stereocenters. The van der Waals surface area contributed by atoms with Gasteiger partial charge in [-0.2, -0.15) is 0 Å². The molecule has 4 aliphatic heterocycles. The van der Waals surface area contributed by atoms with Gasteiger partial charge in [0.25, 0.3) is 22.2 Å². The number of aliphatic hydroxyl groups is 6. The minimum atomic E-state index is -1.33. The number of aromatic nitrogens is 8. The molecule has 0 unspecified atom stereocenters. The van der Waals surface area contributed by atoms with E-state index in [0.717, 1.165) is 19.0 Å². The van der Waals surface area contributed by atoms with Gasteiger partial charge in [0, 0.05) is 63.6 Å². The second kappa shape index (κ2) is 30.4. The fourth-order valence-electron chi connectivity index (χ4n) is 9.42. The number of nitrogens with zero attached hydrogens (tertiary/aromatic N) is 2. The first-order valence-electron chi connectivity index (χ1n) is 26.5. The van der Waals surface area contributed by atoms with Crippen LogP contribution in [0.1, 0.15) is 135 Å². The van der Waals surface area contributed by atoms with Crippen molar-refractivity contribution in [3.05, 3.63) is 130 Å². The lowest BCUT2D eigenvalue weighted by molar-refractivity contribution is -0.151. The summed E-state index contributed by atoms with van der Waals surface area (Å²) in [4.78, 5) is 128. The molecule has 30 nitrogen and oxygen atoms in total. The van der Waals surface area contributed by atoms with Gasteiger partial charge in [-0.3, -0.25) is 48.7 Å². The normalized spacial score (nSPS) is 29.1. The summed E-state index contributed by atoms with van der Waals surface area (Å²) in [5.74, 6) is -0.893. The van der Waals surface area contributed by atoms with E-state index in [4.69, 9.17) is 38.6 Å². The molecule has 0 radical (unpaired) electrons. The summed E-state index contributed by atoms with van der Waals surface area (Å²) in [6.45, 7) is 18.1. The highest BCUT2D eigenvalue weighted by atomic mass is 16.6. The molecule has 8 rings (SSSR count). The van der Waals surface area contributed by atoms with Gasteiger partial charge in [-0.15, -0.1) is 0 Å². The number of aliphatic hydroxyl groups excluding tert-OH is 6. The van der Waals surface area contributed by atoms with Gasteiger partial charge in [-0.25, -0.2) is 19.2 Å². The van der Waals surface area contributed by atoms with Crippen molar-refractivity contribution in [1.29, 1.82) is 0 Å². The van der Waals surface area contributed by atoms with Crippen molar-refractivity contribution in [3.63, 3.8) is 0 Å². The van der Waals surface area contributed by atoms with Crippen molar-refractivity contribution in [2.24, 2.45) is 11.8 Å². The Morgan fingerprint density at radius 3 is 1.11 bits per heavy atom. The highest BCUT2D eigenvalue weighted by Gasteiger charge is 2.48. The maximum atomic E-state index is 12.1. The van der Waals surface area contributed by atoms with Crippen LogP contribution in [0, 0.1) is 11.8 Å². The van der Waals surface area contributed by atoms with Crippen molar-refractivity contribution in [3.8, 4) is 0 Å². The average molecular weight is 1150 g/mol. The average Bonchev–Trinajstić information content (AvgIpc) is 4.28. The summed E-state index contributed by atoms with van der Waals surface area (Å²) in [6, 6.07) is 0. The van der Waals surface area contributed by atoms with Gasteiger partial charge in [-0.05, 0) is 26.7 Å². The van der Waals surface area contributed by atoms with Crippen molar-refractivity contribution >= 4 is 11.9 Å². The van der Waals surface area contributed by atoms with Crippen LogP contribution in [0.3, 0.4) is 0 Å². The number of hydrogen-bond acceptors (Lipinski definition) is 22. The van der Waals surface area contributed by atoms with Gasteiger partial charge in [0.1, 0.15) is 73.2 Å². The monoisotopic (exact) mass is 1150 g/mol. The molecule has 0 aromatic carbocycles. The molecule has 0 bridgehead atoms. The highest BCUT2D eigenvalue weighted by Crippen LogP contribution is 2.41. The van der Waals surface area contributed by atoms with Crippen LogP contribution in [0.25, 0.3) is 0 Å². The van der Waals surface area contributed by atoms with E-state index in [2.05, 4.69) is 38.8 Å². The maximum absolute atomic E-state index is 12.1. The van der Waals surface area contributed by atoms with E-state index < -0.39 is 143 Å². The molecule has 0 spiro atoms. The summed E-state index contributed by atoms with van der Waals surface area (Å²) in [5, 5.41) is 56.6.